The third kappa shape index (κ3) is 4.56. The summed E-state index contributed by atoms with van der Waals surface area (Å²) in [6.45, 7) is 3.76. The lowest BCUT2D eigenvalue weighted by molar-refractivity contribution is -0.122. The van der Waals surface area contributed by atoms with E-state index in [-0.39, 0.29) is 13.0 Å². The minimum Gasteiger partial charge on any atom is -0.478 e. The average Bonchev–Trinajstić information content (AvgIpc) is 2.88. The van der Waals surface area contributed by atoms with Crippen LogP contribution in [0.2, 0.25) is 0 Å². The number of fused-ring (bicyclic) bond motifs is 1. The number of carbonyl (C=O) groups is 2. The Hall–Kier alpha value is -3.07. The zero-order chi connectivity index (χ0) is 22.1. The van der Waals surface area contributed by atoms with Crippen molar-refractivity contribution in [1.82, 2.24) is 0 Å². The Bertz CT molecular complexity index is 1100. The highest BCUT2D eigenvalue weighted by molar-refractivity contribution is 7.92. The number of amides is 1. The van der Waals surface area contributed by atoms with Crippen molar-refractivity contribution in [2.24, 2.45) is 0 Å². The van der Waals surface area contributed by atoms with Crippen LogP contribution in [-0.4, -0.2) is 46.3 Å². The van der Waals surface area contributed by atoms with Crippen LogP contribution >= 0.6 is 0 Å². The van der Waals surface area contributed by atoms with Gasteiger partial charge in [0, 0.05) is 18.7 Å². The zero-order valence-electron chi connectivity index (χ0n) is 17.3. The molecule has 160 valence electrons. The van der Waals surface area contributed by atoms with Gasteiger partial charge in [-0.25, -0.2) is 13.2 Å². The van der Waals surface area contributed by atoms with Crippen molar-refractivity contribution in [2.75, 3.05) is 29.5 Å². The molecule has 0 aromatic heterocycles. The topological polar surface area (TPSA) is 102 Å². The minimum atomic E-state index is -3.54. The molecule has 30 heavy (non-hydrogen) atoms. The number of nitrogens with zero attached hydrogens (tertiary/aromatic N) is 1. The van der Waals surface area contributed by atoms with Crippen LogP contribution in [-0.2, 0) is 19.6 Å². The molecule has 8 nitrogen and oxygen atoms in total. The monoisotopic (exact) mass is 432 g/mol. The van der Waals surface area contributed by atoms with Crippen LogP contribution in [0.5, 0.6) is 5.75 Å². The van der Waals surface area contributed by atoms with Gasteiger partial charge in [0.2, 0.25) is 10.0 Å². The number of hydrogen-bond acceptors (Lipinski definition) is 6. The molecule has 0 fully saturated rings. The van der Waals surface area contributed by atoms with Crippen LogP contribution in [0.15, 0.2) is 36.4 Å². The van der Waals surface area contributed by atoms with E-state index in [4.69, 9.17) is 9.47 Å². The molecule has 9 heteroatoms. The number of hydrogen-bond donors (Lipinski definition) is 1. The highest BCUT2D eigenvalue weighted by Gasteiger charge is 2.31. The fourth-order valence-corrected chi connectivity index (χ4v) is 4.17. The molecule has 1 heterocycles. The third-order valence-corrected chi connectivity index (χ3v) is 6.04. The lowest BCUT2D eigenvalue weighted by atomic mass is 10.1. The Labute approximate surface area is 175 Å². The highest BCUT2D eigenvalue weighted by atomic mass is 32.2. The molecule has 1 aliphatic heterocycles. The van der Waals surface area contributed by atoms with Crippen molar-refractivity contribution in [3.63, 3.8) is 0 Å². The fourth-order valence-electron chi connectivity index (χ4n) is 3.23. The zero-order valence-corrected chi connectivity index (χ0v) is 18.1. The minimum absolute atomic E-state index is 0.106. The summed E-state index contributed by atoms with van der Waals surface area (Å²) in [7, 11) is -2.26. The molecule has 1 N–H and O–H groups in total. The Balaban J connectivity index is 1.88. The maximum absolute atomic E-state index is 12.9. The van der Waals surface area contributed by atoms with E-state index in [0.717, 1.165) is 17.4 Å². The molecule has 1 aliphatic rings. The van der Waals surface area contributed by atoms with Crippen molar-refractivity contribution in [3.8, 4) is 5.75 Å². The first-order chi connectivity index (χ1) is 14.1. The van der Waals surface area contributed by atoms with Gasteiger partial charge in [-0.3, -0.25) is 9.10 Å². The Morgan fingerprint density at radius 1 is 1.17 bits per heavy atom. The summed E-state index contributed by atoms with van der Waals surface area (Å²) in [5.41, 5.74) is 2.82. The second-order valence-electron chi connectivity index (χ2n) is 7.21. The van der Waals surface area contributed by atoms with Crippen molar-refractivity contribution in [1.29, 1.82) is 0 Å². The second-order valence-corrected chi connectivity index (χ2v) is 9.12. The summed E-state index contributed by atoms with van der Waals surface area (Å²) in [5.74, 6) is -0.616. The van der Waals surface area contributed by atoms with Crippen LogP contribution in [0.4, 0.5) is 11.4 Å². The summed E-state index contributed by atoms with van der Waals surface area (Å²) < 4.78 is 36.4. The van der Waals surface area contributed by atoms with E-state index in [1.165, 1.54) is 17.5 Å². The molecular weight excluding hydrogens is 408 g/mol. The van der Waals surface area contributed by atoms with Gasteiger partial charge in [0.25, 0.3) is 5.91 Å². The largest absolute Gasteiger partial charge is 0.478 e. The normalized spacial score (nSPS) is 16.1. The molecule has 2 aromatic carbocycles. The summed E-state index contributed by atoms with van der Waals surface area (Å²) >= 11 is 0. The quantitative estimate of drug-likeness (QED) is 0.746. The number of ether oxygens (including phenoxy) is 2. The number of sulfonamides is 1. The molecule has 0 saturated heterocycles. The van der Waals surface area contributed by atoms with Gasteiger partial charge in [0.05, 0.1) is 24.6 Å². The maximum atomic E-state index is 12.9. The molecule has 0 spiro atoms. The first-order valence-electron chi connectivity index (χ1n) is 9.35. The molecule has 2 aromatic rings. The van der Waals surface area contributed by atoms with Crippen molar-refractivity contribution < 1.29 is 27.5 Å². The molecule has 1 atom stereocenters. The number of rotatable bonds is 4. The first kappa shape index (κ1) is 21.6. The lowest BCUT2D eigenvalue weighted by Crippen LogP contribution is -2.36. The number of carbonyl (C=O) groups excluding carboxylic acids is 2. The van der Waals surface area contributed by atoms with Crippen molar-refractivity contribution >= 4 is 33.3 Å². The van der Waals surface area contributed by atoms with Crippen molar-refractivity contribution in [3.05, 3.63) is 53.1 Å². The summed E-state index contributed by atoms with van der Waals surface area (Å²) in [6.07, 6.45) is 0.392. The predicted octanol–water partition coefficient (Wildman–Crippen LogP) is 2.65. The van der Waals surface area contributed by atoms with E-state index in [2.05, 4.69) is 5.32 Å². The number of nitrogens with one attached hydrogen (secondary N) is 1. The van der Waals surface area contributed by atoms with Crippen molar-refractivity contribution in [2.45, 2.75) is 26.4 Å². The van der Waals surface area contributed by atoms with Gasteiger partial charge in [-0.05, 0) is 49.2 Å². The summed E-state index contributed by atoms with van der Waals surface area (Å²) in [4.78, 5) is 24.7. The van der Waals surface area contributed by atoms with Crippen LogP contribution in [0, 0.1) is 13.8 Å². The number of methoxy groups -OCH3 is 1. The molecule has 0 aliphatic carbocycles. The van der Waals surface area contributed by atoms with Gasteiger partial charge in [0.1, 0.15) is 5.75 Å². The SMILES string of the molecule is COC(=O)c1ccc(C)c(NC(=O)C2CCN(S(C)(=O)=O)c3cc(C)ccc3O2)c1. The summed E-state index contributed by atoms with van der Waals surface area (Å²) in [5, 5.41) is 2.78. The number of aryl methyl sites for hydroxylation is 2. The average molecular weight is 432 g/mol. The number of benzene rings is 2. The Morgan fingerprint density at radius 3 is 2.57 bits per heavy atom. The van der Waals surface area contributed by atoms with E-state index in [1.54, 1.807) is 37.3 Å². The van der Waals surface area contributed by atoms with E-state index in [9.17, 15) is 18.0 Å². The van der Waals surface area contributed by atoms with E-state index < -0.39 is 28.0 Å². The predicted molar refractivity (Wildman–Crippen MR) is 114 cm³/mol. The van der Waals surface area contributed by atoms with Gasteiger partial charge < -0.3 is 14.8 Å². The highest BCUT2D eigenvalue weighted by Crippen LogP contribution is 2.35. The van der Waals surface area contributed by atoms with Gasteiger partial charge in [0.15, 0.2) is 6.10 Å². The molecular formula is C21H24N2O6S. The van der Waals surface area contributed by atoms with Gasteiger partial charge in [-0.1, -0.05) is 12.1 Å². The molecule has 1 amide bonds. The fraction of sp³-hybridized carbons (Fsp3) is 0.333. The summed E-state index contributed by atoms with van der Waals surface area (Å²) in [6, 6.07) is 10.0. The second kappa shape index (κ2) is 8.35. The molecule has 0 radical (unpaired) electrons. The Kier molecular flexibility index (Phi) is 6.02. The van der Waals surface area contributed by atoms with Gasteiger partial charge in [-0.15, -0.1) is 0 Å². The van der Waals surface area contributed by atoms with Crippen LogP contribution < -0.4 is 14.4 Å². The molecule has 1 unspecified atom stereocenters. The van der Waals surface area contributed by atoms with Crippen LogP contribution in [0.1, 0.15) is 27.9 Å². The van der Waals surface area contributed by atoms with Gasteiger partial charge in [-0.2, -0.15) is 0 Å². The van der Waals surface area contributed by atoms with Crippen LogP contribution in [0.25, 0.3) is 0 Å². The maximum Gasteiger partial charge on any atom is 0.337 e. The molecule has 0 bridgehead atoms. The molecule has 3 rings (SSSR count). The van der Waals surface area contributed by atoms with Gasteiger partial charge >= 0.3 is 5.97 Å². The number of esters is 1. The Morgan fingerprint density at radius 2 is 1.90 bits per heavy atom. The van der Waals surface area contributed by atoms with E-state index in [0.29, 0.717) is 22.7 Å². The van der Waals surface area contributed by atoms with E-state index >= 15 is 0 Å². The first-order valence-corrected chi connectivity index (χ1v) is 11.2. The van der Waals surface area contributed by atoms with E-state index in [1.807, 2.05) is 6.92 Å². The number of anilines is 2. The third-order valence-electron chi connectivity index (χ3n) is 4.86. The standard InChI is InChI=1S/C21H24N2O6S/c1-13-5-8-18-17(11-13)23(30(4,26)27)10-9-19(29-18)20(24)22-16-12-15(21(25)28-3)7-6-14(16)2/h5-8,11-12,19H,9-10H2,1-4H3,(H,22,24). The smallest absolute Gasteiger partial charge is 0.337 e. The van der Waals surface area contributed by atoms with Crippen LogP contribution in [0.3, 0.4) is 0 Å². The lowest BCUT2D eigenvalue weighted by Gasteiger charge is -2.21. The molecule has 0 saturated carbocycles.